The van der Waals surface area contributed by atoms with E-state index in [0.29, 0.717) is 54.0 Å². The van der Waals surface area contributed by atoms with Crippen LogP contribution in [-0.2, 0) is 16.0 Å². The second-order valence-electron chi connectivity index (χ2n) is 11.1. The number of ether oxygens (including phenoxy) is 2. The van der Waals surface area contributed by atoms with Crippen LogP contribution in [0.4, 0.5) is 5.69 Å². The number of carbonyl (C=O) groups excluding carboxylic acids is 1. The van der Waals surface area contributed by atoms with Gasteiger partial charge in [0.25, 0.3) is 5.91 Å². The topological polar surface area (TPSA) is 141 Å². The molecule has 0 saturated heterocycles. The van der Waals surface area contributed by atoms with Crippen molar-refractivity contribution in [2.45, 2.75) is 56.6 Å². The van der Waals surface area contributed by atoms with Gasteiger partial charge in [0, 0.05) is 52.2 Å². The summed E-state index contributed by atoms with van der Waals surface area (Å²) < 4.78 is 13.1. The Balaban J connectivity index is 1.55. The molecule has 1 amide bonds. The number of hydrogen-bond donors (Lipinski definition) is 3. The molecule has 3 aromatic carbocycles. The molecule has 3 aromatic rings. The number of rotatable bonds is 13. The molecule has 1 aliphatic heterocycles. The molecule has 11 heteroatoms. The van der Waals surface area contributed by atoms with Crippen molar-refractivity contribution >= 4 is 33.4 Å². The lowest BCUT2D eigenvalue weighted by Crippen LogP contribution is -2.54. The number of benzene rings is 3. The summed E-state index contributed by atoms with van der Waals surface area (Å²) in [5, 5.41) is 13.0. The van der Waals surface area contributed by atoms with Gasteiger partial charge in [-0.05, 0) is 60.2 Å². The van der Waals surface area contributed by atoms with Crippen LogP contribution in [0.15, 0.2) is 87.4 Å². The van der Waals surface area contributed by atoms with Crippen LogP contribution in [0, 0.1) is 5.92 Å². The van der Waals surface area contributed by atoms with E-state index in [2.05, 4.69) is 36.8 Å². The van der Waals surface area contributed by atoms with Gasteiger partial charge in [0.15, 0.2) is 11.6 Å². The fourth-order valence-corrected chi connectivity index (χ4v) is 6.24. The highest BCUT2D eigenvalue weighted by Crippen LogP contribution is 2.46. The van der Waals surface area contributed by atoms with Gasteiger partial charge in [0.2, 0.25) is 5.90 Å². The van der Waals surface area contributed by atoms with Gasteiger partial charge >= 0.3 is 0 Å². The molecule has 0 spiro atoms. The third-order valence-electron chi connectivity index (χ3n) is 8.14. The highest BCUT2D eigenvalue weighted by atomic mass is 79.9. The van der Waals surface area contributed by atoms with Crippen molar-refractivity contribution in [1.29, 1.82) is 0 Å². The number of hydrogen-bond acceptors (Lipinski definition) is 7. The minimum absolute atomic E-state index is 0.0542. The minimum Gasteiger partial charge on any atom is -0.494 e. The maximum atomic E-state index is 14.4. The first-order valence-corrected chi connectivity index (χ1v) is 15.8. The Hall–Kier alpha value is -3.89. The lowest BCUT2D eigenvalue weighted by molar-refractivity contribution is -0.130. The van der Waals surface area contributed by atoms with E-state index in [1.54, 1.807) is 24.3 Å². The van der Waals surface area contributed by atoms with Gasteiger partial charge in [0.05, 0.1) is 6.61 Å². The maximum Gasteiger partial charge on any atom is 0.266 e. The molecule has 5 rings (SSSR count). The average molecular weight is 662 g/mol. The van der Waals surface area contributed by atoms with Crippen LogP contribution < -0.4 is 15.6 Å². The van der Waals surface area contributed by atoms with Crippen molar-refractivity contribution in [2.24, 2.45) is 16.0 Å². The van der Waals surface area contributed by atoms with Crippen LogP contribution in [0.1, 0.15) is 61.3 Å². The van der Waals surface area contributed by atoms with Gasteiger partial charge in [-0.2, -0.15) is 0 Å². The molecule has 1 saturated carbocycles. The fraction of sp³-hybridized carbons (Fsp3) is 0.394. The largest absolute Gasteiger partial charge is 0.494 e. The summed E-state index contributed by atoms with van der Waals surface area (Å²) >= 11 is 3.66. The number of nitrogens with zero attached hydrogens (tertiary/aromatic N) is 4. The maximum absolute atomic E-state index is 14.4. The van der Waals surface area contributed by atoms with Gasteiger partial charge in [-0.1, -0.05) is 82.8 Å². The van der Waals surface area contributed by atoms with Gasteiger partial charge in [-0.25, -0.2) is 10.4 Å². The van der Waals surface area contributed by atoms with Gasteiger partial charge in [-0.3, -0.25) is 10.2 Å². The number of halogens is 1. The molecule has 3 N–H and O–H groups in total. The van der Waals surface area contributed by atoms with Crippen LogP contribution in [0.5, 0.6) is 5.75 Å². The molecule has 1 aliphatic carbocycles. The quantitative estimate of drug-likeness (QED) is 0.0604. The fourth-order valence-electron chi connectivity index (χ4n) is 5.82. The van der Waals surface area contributed by atoms with Crippen molar-refractivity contribution < 1.29 is 19.4 Å². The number of nitrogens with one attached hydrogen (secondary N) is 2. The van der Waals surface area contributed by atoms with Crippen molar-refractivity contribution in [3.63, 3.8) is 0 Å². The molecule has 2 atom stereocenters. The smallest absolute Gasteiger partial charge is 0.266 e. The minimum atomic E-state index is -1.45. The van der Waals surface area contributed by atoms with Crippen molar-refractivity contribution in [3.8, 4) is 5.75 Å². The molecule has 10 nitrogen and oxygen atoms in total. The van der Waals surface area contributed by atoms with Gasteiger partial charge < -0.3 is 14.6 Å². The van der Waals surface area contributed by atoms with E-state index in [4.69, 9.17) is 19.6 Å². The summed E-state index contributed by atoms with van der Waals surface area (Å²) in [6.07, 6.45) is 5.79. The SMILES string of the molecule is [N-]=[N+]=Nc1ccccc1[C@@H]1OC(c2ccc(OCCCO)cc2)=N[C@]1(Cc1ccccc1Br)C(=O)NNCC1CCCCC1. The lowest BCUT2D eigenvalue weighted by atomic mass is 9.81. The monoisotopic (exact) mass is 660 g/mol. The highest BCUT2D eigenvalue weighted by molar-refractivity contribution is 9.10. The number of hydrazine groups is 1. The first-order valence-electron chi connectivity index (χ1n) is 15.1. The van der Waals surface area contributed by atoms with Crippen LogP contribution in [0.2, 0.25) is 0 Å². The Morgan fingerprint density at radius 1 is 1.09 bits per heavy atom. The number of aliphatic hydroxyl groups is 1. The average Bonchev–Trinajstić information content (AvgIpc) is 3.44. The predicted molar refractivity (Wildman–Crippen MR) is 173 cm³/mol. The standard InChI is InChI=1S/C33H37BrN6O4/c34-28-13-6-4-11-25(28)21-33(32(42)39-36-22-23-9-2-1-3-10-23)30(27-12-5-7-14-29(27)38-40-35)44-31(37-33)24-15-17-26(18-16-24)43-20-8-19-41/h4-7,11-18,23,30,36,41H,1-3,8-10,19-22H2,(H,39,42)/t30-,33-/m0/s1. The molecule has 44 heavy (non-hydrogen) atoms. The molecule has 1 fully saturated rings. The molecule has 0 radical (unpaired) electrons. The Labute approximate surface area is 265 Å². The number of carbonyl (C=O) groups is 1. The first-order chi connectivity index (χ1) is 21.5. The van der Waals surface area contributed by atoms with Crippen LogP contribution in [0.25, 0.3) is 10.4 Å². The summed E-state index contributed by atoms with van der Waals surface area (Å²) in [5.74, 6) is 1.10. The van der Waals surface area contributed by atoms with Crippen LogP contribution >= 0.6 is 15.9 Å². The van der Waals surface area contributed by atoms with E-state index in [-0.39, 0.29) is 18.9 Å². The van der Waals surface area contributed by atoms with E-state index in [9.17, 15) is 10.3 Å². The Morgan fingerprint density at radius 3 is 2.59 bits per heavy atom. The normalized spacial score (nSPS) is 19.9. The summed E-state index contributed by atoms with van der Waals surface area (Å²) in [4.78, 5) is 22.5. The molecule has 230 valence electrons. The summed E-state index contributed by atoms with van der Waals surface area (Å²) in [6, 6.07) is 22.1. The van der Waals surface area contributed by atoms with E-state index in [1.165, 1.54) is 19.3 Å². The molecule has 0 bridgehead atoms. The Morgan fingerprint density at radius 2 is 1.84 bits per heavy atom. The zero-order chi connectivity index (χ0) is 30.8. The second-order valence-corrected chi connectivity index (χ2v) is 12.0. The number of amides is 1. The summed E-state index contributed by atoms with van der Waals surface area (Å²) in [6.45, 7) is 1.12. The summed E-state index contributed by atoms with van der Waals surface area (Å²) in [5.41, 5.74) is 16.5. The van der Waals surface area contributed by atoms with Gasteiger partial charge in [0.1, 0.15) is 5.75 Å². The van der Waals surface area contributed by atoms with Crippen molar-refractivity contribution in [1.82, 2.24) is 10.9 Å². The number of azide groups is 1. The third kappa shape index (κ3) is 7.42. The molecule has 1 heterocycles. The molecular weight excluding hydrogens is 624 g/mol. The number of aliphatic imine (C=N–C) groups is 1. The van der Waals surface area contributed by atoms with Crippen LogP contribution in [0.3, 0.4) is 0 Å². The molecular formula is C33H37BrN6O4. The summed E-state index contributed by atoms with van der Waals surface area (Å²) in [7, 11) is 0. The van der Waals surface area contributed by atoms with Gasteiger partial charge in [-0.15, -0.1) is 0 Å². The predicted octanol–water partition coefficient (Wildman–Crippen LogP) is 6.85. The van der Waals surface area contributed by atoms with E-state index >= 15 is 0 Å². The van der Waals surface area contributed by atoms with E-state index in [0.717, 1.165) is 22.9 Å². The molecule has 0 unspecified atom stereocenters. The zero-order valence-corrected chi connectivity index (χ0v) is 26.1. The zero-order valence-electron chi connectivity index (χ0n) is 24.5. The number of aliphatic hydroxyl groups excluding tert-OH is 1. The van der Waals surface area contributed by atoms with Crippen LogP contribution in [-0.4, -0.2) is 42.2 Å². The Bertz CT molecular complexity index is 1500. The first kappa shape index (κ1) is 31.5. The molecule has 0 aromatic heterocycles. The van der Waals surface area contributed by atoms with Crippen molar-refractivity contribution in [3.05, 3.63) is 104 Å². The Kier molecular flexibility index (Phi) is 10.9. The molecule has 2 aliphatic rings. The van der Waals surface area contributed by atoms with Crippen molar-refractivity contribution in [2.75, 3.05) is 19.8 Å². The highest BCUT2D eigenvalue weighted by Gasteiger charge is 2.54. The van der Waals surface area contributed by atoms with E-state index < -0.39 is 11.6 Å². The van der Waals surface area contributed by atoms with E-state index in [1.807, 2.05) is 48.5 Å². The third-order valence-corrected chi connectivity index (χ3v) is 8.91. The lowest BCUT2D eigenvalue weighted by Gasteiger charge is -2.32. The second kappa shape index (κ2) is 15.2.